The van der Waals surface area contributed by atoms with Gasteiger partial charge < -0.3 is 24.8 Å². The standard InChI is InChI=1S/C22H32N6O4/c1-13(2)11-17(29)23-9-7-8-10-24-21-22-27-26-14(3)28(22)15-12-16(30-4)19(31-5)20(32-6)18(15)25-21/h12-13H,7-11H2,1-6H3,(H,23,29)(H,24,25). The van der Waals surface area contributed by atoms with Gasteiger partial charge in [0.25, 0.3) is 0 Å². The molecule has 3 rings (SSSR count). The van der Waals surface area contributed by atoms with E-state index in [1.807, 2.05) is 31.2 Å². The van der Waals surface area contributed by atoms with Crippen molar-refractivity contribution in [2.24, 2.45) is 5.92 Å². The van der Waals surface area contributed by atoms with E-state index in [1.165, 1.54) is 0 Å². The quantitative estimate of drug-likeness (QED) is 0.434. The van der Waals surface area contributed by atoms with E-state index in [1.54, 1.807) is 21.3 Å². The van der Waals surface area contributed by atoms with Crippen molar-refractivity contribution in [1.82, 2.24) is 24.9 Å². The van der Waals surface area contributed by atoms with Crippen molar-refractivity contribution in [3.8, 4) is 17.2 Å². The summed E-state index contributed by atoms with van der Waals surface area (Å²) in [6.45, 7) is 7.28. The van der Waals surface area contributed by atoms with E-state index < -0.39 is 0 Å². The SMILES string of the molecule is COc1cc2c(nc(NCCCCNC(=O)CC(C)C)c3nnc(C)n32)c(OC)c1OC. The number of aromatic nitrogens is 4. The Morgan fingerprint density at radius 1 is 1.06 bits per heavy atom. The second kappa shape index (κ2) is 10.3. The largest absolute Gasteiger partial charge is 0.493 e. The maximum absolute atomic E-state index is 11.8. The molecule has 10 heteroatoms. The van der Waals surface area contributed by atoms with Gasteiger partial charge >= 0.3 is 0 Å². The molecule has 0 aliphatic carbocycles. The first kappa shape index (κ1) is 23.4. The van der Waals surface area contributed by atoms with E-state index in [9.17, 15) is 4.79 Å². The first-order valence-electron chi connectivity index (χ1n) is 10.8. The third-order valence-corrected chi connectivity index (χ3v) is 5.10. The Kier molecular flexibility index (Phi) is 7.55. The van der Waals surface area contributed by atoms with Gasteiger partial charge in [0, 0.05) is 25.6 Å². The van der Waals surface area contributed by atoms with Gasteiger partial charge in [-0.2, -0.15) is 0 Å². The summed E-state index contributed by atoms with van der Waals surface area (Å²) in [7, 11) is 4.71. The number of hydrogen-bond donors (Lipinski definition) is 2. The minimum absolute atomic E-state index is 0.0984. The summed E-state index contributed by atoms with van der Waals surface area (Å²) in [5.74, 6) is 3.27. The highest BCUT2D eigenvalue weighted by Crippen LogP contribution is 2.43. The highest BCUT2D eigenvalue weighted by atomic mass is 16.5. The molecule has 0 bridgehead atoms. The number of nitrogens with one attached hydrogen (secondary N) is 2. The lowest BCUT2D eigenvalue weighted by Crippen LogP contribution is -2.25. The summed E-state index contributed by atoms with van der Waals surface area (Å²) >= 11 is 0. The molecule has 0 unspecified atom stereocenters. The van der Waals surface area contributed by atoms with Gasteiger partial charge in [-0.05, 0) is 25.7 Å². The summed E-state index contributed by atoms with van der Waals surface area (Å²) in [5, 5.41) is 14.9. The number of nitrogens with zero attached hydrogens (tertiary/aromatic N) is 4. The van der Waals surface area contributed by atoms with Crippen molar-refractivity contribution in [1.29, 1.82) is 0 Å². The zero-order chi connectivity index (χ0) is 23.3. The smallest absolute Gasteiger partial charge is 0.220 e. The van der Waals surface area contributed by atoms with Gasteiger partial charge in [0.2, 0.25) is 17.3 Å². The van der Waals surface area contributed by atoms with E-state index in [2.05, 4.69) is 20.8 Å². The Bertz CT molecular complexity index is 1100. The van der Waals surface area contributed by atoms with Crippen LogP contribution in [-0.4, -0.2) is 59.9 Å². The normalized spacial score (nSPS) is 11.2. The number of methoxy groups -OCH3 is 3. The van der Waals surface area contributed by atoms with Crippen LogP contribution in [0.4, 0.5) is 5.82 Å². The number of carbonyl (C=O) groups is 1. The Labute approximate surface area is 187 Å². The Morgan fingerprint density at radius 2 is 1.78 bits per heavy atom. The van der Waals surface area contributed by atoms with Crippen LogP contribution in [0.15, 0.2) is 6.07 Å². The van der Waals surface area contributed by atoms with Crippen molar-refractivity contribution in [3.05, 3.63) is 11.9 Å². The molecule has 2 heterocycles. The van der Waals surface area contributed by atoms with E-state index in [4.69, 9.17) is 19.2 Å². The van der Waals surface area contributed by atoms with Crippen LogP contribution in [0.5, 0.6) is 17.2 Å². The van der Waals surface area contributed by atoms with Gasteiger partial charge in [0.15, 0.2) is 17.3 Å². The van der Waals surface area contributed by atoms with Gasteiger partial charge in [-0.1, -0.05) is 13.8 Å². The lowest BCUT2D eigenvalue weighted by Gasteiger charge is -2.16. The number of ether oxygens (including phenoxy) is 3. The van der Waals surface area contributed by atoms with Crippen LogP contribution in [0.2, 0.25) is 0 Å². The number of unbranched alkanes of at least 4 members (excludes halogenated alkanes) is 1. The second-order valence-corrected chi connectivity index (χ2v) is 7.96. The lowest BCUT2D eigenvalue weighted by atomic mass is 10.1. The zero-order valence-corrected chi connectivity index (χ0v) is 19.6. The van der Waals surface area contributed by atoms with Gasteiger partial charge in [-0.25, -0.2) is 4.98 Å². The molecule has 0 aliphatic rings. The molecule has 174 valence electrons. The summed E-state index contributed by atoms with van der Waals surface area (Å²) in [4.78, 5) is 16.5. The van der Waals surface area contributed by atoms with Crippen LogP contribution < -0.4 is 24.8 Å². The van der Waals surface area contributed by atoms with E-state index in [-0.39, 0.29) is 5.91 Å². The molecule has 0 atom stereocenters. The fourth-order valence-corrected chi connectivity index (χ4v) is 3.62. The predicted molar refractivity (Wildman–Crippen MR) is 123 cm³/mol. The molecule has 32 heavy (non-hydrogen) atoms. The second-order valence-electron chi connectivity index (χ2n) is 7.96. The van der Waals surface area contributed by atoms with Crippen LogP contribution in [0, 0.1) is 12.8 Å². The van der Waals surface area contributed by atoms with Gasteiger partial charge in [-0.3, -0.25) is 9.20 Å². The van der Waals surface area contributed by atoms with Crippen molar-refractivity contribution >= 4 is 28.4 Å². The van der Waals surface area contributed by atoms with E-state index in [0.29, 0.717) is 59.7 Å². The number of fused-ring (bicyclic) bond motifs is 3. The molecule has 0 radical (unpaired) electrons. The minimum Gasteiger partial charge on any atom is -0.493 e. The Hall–Kier alpha value is -3.30. The van der Waals surface area contributed by atoms with E-state index >= 15 is 0 Å². The third-order valence-electron chi connectivity index (χ3n) is 5.10. The molecule has 0 aliphatic heterocycles. The van der Waals surface area contributed by atoms with Crippen molar-refractivity contribution in [3.63, 3.8) is 0 Å². The third kappa shape index (κ3) is 4.79. The molecule has 2 N–H and O–H groups in total. The molecule has 1 aromatic carbocycles. The number of carbonyl (C=O) groups excluding carboxylic acids is 1. The lowest BCUT2D eigenvalue weighted by molar-refractivity contribution is -0.121. The summed E-state index contributed by atoms with van der Waals surface area (Å²) in [5.41, 5.74) is 1.99. The number of aryl methyl sites for hydroxylation is 1. The number of rotatable bonds is 11. The van der Waals surface area contributed by atoms with Gasteiger partial charge in [-0.15, -0.1) is 10.2 Å². The molecular weight excluding hydrogens is 412 g/mol. The molecule has 0 fully saturated rings. The molecular formula is C22H32N6O4. The highest BCUT2D eigenvalue weighted by Gasteiger charge is 2.22. The molecule has 2 aromatic heterocycles. The van der Waals surface area contributed by atoms with Crippen molar-refractivity contribution < 1.29 is 19.0 Å². The van der Waals surface area contributed by atoms with E-state index in [0.717, 1.165) is 24.2 Å². The molecule has 10 nitrogen and oxygen atoms in total. The maximum Gasteiger partial charge on any atom is 0.220 e. The number of anilines is 1. The van der Waals surface area contributed by atoms with Crippen molar-refractivity contribution in [2.75, 3.05) is 39.7 Å². The number of hydrogen-bond acceptors (Lipinski definition) is 8. The molecule has 0 saturated heterocycles. The summed E-state index contributed by atoms with van der Waals surface area (Å²) < 4.78 is 18.6. The van der Waals surface area contributed by atoms with Crippen molar-refractivity contribution in [2.45, 2.75) is 40.0 Å². The first-order valence-corrected chi connectivity index (χ1v) is 10.8. The Morgan fingerprint density at radius 3 is 2.44 bits per heavy atom. The molecule has 0 spiro atoms. The monoisotopic (exact) mass is 444 g/mol. The first-order chi connectivity index (χ1) is 15.4. The average Bonchev–Trinajstić information content (AvgIpc) is 3.16. The summed E-state index contributed by atoms with van der Waals surface area (Å²) in [6.07, 6.45) is 2.28. The fourth-order valence-electron chi connectivity index (χ4n) is 3.62. The van der Waals surface area contributed by atoms with Crippen LogP contribution in [0.3, 0.4) is 0 Å². The van der Waals surface area contributed by atoms with Gasteiger partial charge in [0.1, 0.15) is 11.3 Å². The fraction of sp³-hybridized carbons (Fsp3) is 0.545. The Balaban J connectivity index is 1.82. The number of amides is 1. The molecule has 1 amide bonds. The minimum atomic E-state index is 0.0984. The molecule has 0 saturated carbocycles. The van der Waals surface area contributed by atoms with Crippen LogP contribution in [0.1, 0.15) is 38.9 Å². The van der Waals surface area contributed by atoms with Gasteiger partial charge in [0.05, 0.1) is 26.8 Å². The van der Waals surface area contributed by atoms with Crippen LogP contribution in [0.25, 0.3) is 16.7 Å². The predicted octanol–water partition coefficient (Wildman–Crippen LogP) is 2.97. The zero-order valence-electron chi connectivity index (χ0n) is 19.6. The maximum atomic E-state index is 11.8. The van der Waals surface area contributed by atoms with Crippen LogP contribution >= 0.6 is 0 Å². The highest BCUT2D eigenvalue weighted by molar-refractivity contribution is 5.91. The summed E-state index contributed by atoms with van der Waals surface area (Å²) in [6, 6.07) is 1.84. The molecule has 3 aromatic rings. The topological polar surface area (TPSA) is 112 Å². The number of benzene rings is 1. The average molecular weight is 445 g/mol. The van der Waals surface area contributed by atoms with Crippen LogP contribution in [-0.2, 0) is 4.79 Å².